The van der Waals surface area contributed by atoms with E-state index in [-0.39, 0.29) is 11.7 Å². The molecule has 1 heterocycles. The molecule has 0 fully saturated rings. The third-order valence-corrected chi connectivity index (χ3v) is 2.75. The lowest BCUT2D eigenvalue weighted by Crippen LogP contribution is -2.07. The summed E-state index contributed by atoms with van der Waals surface area (Å²) in [6, 6.07) is 1.54. The average Bonchev–Trinajstić information content (AvgIpc) is 2.67. The molecular weight excluding hydrogens is 243 g/mol. The molecule has 1 aromatic heterocycles. The summed E-state index contributed by atoms with van der Waals surface area (Å²) in [4.78, 5) is 0. The summed E-state index contributed by atoms with van der Waals surface area (Å²) in [6.45, 7) is 3.51. The molecule has 0 aliphatic rings. The van der Waals surface area contributed by atoms with Gasteiger partial charge >= 0.3 is 0 Å². The molecule has 0 bridgehead atoms. The van der Waals surface area contributed by atoms with Crippen LogP contribution in [0.4, 0.5) is 13.2 Å². The predicted molar refractivity (Wildman–Crippen MR) is 60.8 cm³/mol. The van der Waals surface area contributed by atoms with E-state index in [1.165, 1.54) is 10.9 Å². The first kappa shape index (κ1) is 12.6. The number of benzene rings is 1. The van der Waals surface area contributed by atoms with Crippen LogP contribution in [0.5, 0.6) is 0 Å². The zero-order valence-electron chi connectivity index (χ0n) is 9.92. The van der Waals surface area contributed by atoms with Crippen molar-refractivity contribution in [3.05, 3.63) is 47.0 Å². The number of aromatic nitrogens is 2. The van der Waals surface area contributed by atoms with Crippen molar-refractivity contribution in [3.63, 3.8) is 0 Å². The van der Waals surface area contributed by atoms with Crippen LogP contribution in [0.25, 0.3) is 5.69 Å². The molecule has 0 aliphatic heterocycles. The summed E-state index contributed by atoms with van der Waals surface area (Å²) >= 11 is 0. The maximum Gasteiger partial charge on any atom is 0.194 e. The molecule has 0 amide bonds. The van der Waals surface area contributed by atoms with Crippen molar-refractivity contribution in [1.82, 2.24) is 9.78 Å². The van der Waals surface area contributed by atoms with Crippen LogP contribution in [0.15, 0.2) is 18.3 Å². The van der Waals surface area contributed by atoms with Gasteiger partial charge in [0, 0.05) is 29.4 Å². The second kappa shape index (κ2) is 4.45. The van der Waals surface area contributed by atoms with E-state index < -0.39 is 17.5 Å². The molecule has 0 spiro atoms. The molecule has 0 saturated heterocycles. The number of nitrogens with zero attached hydrogens (tertiary/aromatic N) is 2. The highest BCUT2D eigenvalue weighted by atomic mass is 19.2. The third-order valence-electron chi connectivity index (χ3n) is 2.75. The van der Waals surface area contributed by atoms with Crippen LogP contribution in [0.1, 0.15) is 24.2 Å². The fourth-order valence-electron chi connectivity index (χ4n) is 1.79. The van der Waals surface area contributed by atoms with Gasteiger partial charge in [-0.05, 0) is 13.8 Å². The number of hydrogen-bond acceptors (Lipinski definition) is 2. The van der Waals surface area contributed by atoms with Gasteiger partial charge in [0.25, 0.3) is 0 Å². The van der Waals surface area contributed by atoms with Crippen molar-refractivity contribution >= 4 is 0 Å². The van der Waals surface area contributed by atoms with E-state index in [4.69, 9.17) is 5.73 Å². The topological polar surface area (TPSA) is 43.8 Å². The molecule has 1 aromatic carbocycles. The van der Waals surface area contributed by atoms with Gasteiger partial charge in [-0.15, -0.1) is 0 Å². The zero-order chi connectivity index (χ0) is 13.4. The first-order valence-corrected chi connectivity index (χ1v) is 5.37. The second-order valence-corrected chi connectivity index (χ2v) is 4.11. The summed E-state index contributed by atoms with van der Waals surface area (Å²) in [5, 5.41) is 4.00. The van der Waals surface area contributed by atoms with Crippen LogP contribution in [-0.4, -0.2) is 9.78 Å². The molecule has 1 unspecified atom stereocenters. The average molecular weight is 255 g/mol. The van der Waals surface area contributed by atoms with Crippen LogP contribution in [0.2, 0.25) is 0 Å². The zero-order valence-corrected chi connectivity index (χ0v) is 9.92. The van der Waals surface area contributed by atoms with Gasteiger partial charge in [0.1, 0.15) is 0 Å². The largest absolute Gasteiger partial charge is 0.324 e. The van der Waals surface area contributed by atoms with E-state index in [0.717, 1.165) is 17.7 Å². The Kier molecular flexibility index (Phi) is 3.13. The minimum absolute atomic E-state index is 0.121. The van der Waals surface area contributed by atoms with Gasteiger partial charge in [-0.1, -0.05) is 0 Å². The van der Waals surface area contributed by atoms with Crippen LogP contribution >= 0.6 is 0 Å². The SMILES string of the molecule is Cc1c(C(C)N)cnn1-c1cc(F)c(F)c(F)c1. The minimum Gasteiger partial charge on any atom is -0.324 e. The highest BCUT2D eigenvalue weighted by molar-refractivity contribution is 5.36. The molecule has 0 radical (unpaired) electrons. The highest BCUT2D eigenvalue weighted by Crippen LogP contribution is 2.21. The van der Waals surface area contributed by atoms with Gasteiger partial charge < -0.3 is 5.73 Å². The Bertz CT molecular complexity index is 567. The molecule has 0 aliphatic carbocycles. The summed E-state index contributed by atoms with van der Waals surface area (Å²) in [5.74, 6) is -3.99. The smallest absolute Gasteiger partial charge is 0.194 e. The molecule has 3 nitrogen and oxygen atoms in total. The van der Waals surface area contributed by atoms with Crippen LogP contribution in [-0.2, 0) is 0 Å². The lowest BCUT2D eigenvalue weighted by Gasteiger charge is -2.08. The maximum absolute atomic E-state index is 13.1. The number of halogens is 3. The van der Waals surface area contributed by atoms with E-state index in [0.29, 0.717) is 5.69 Å². The minimum atomic E-state index is -1.49. The van der Waals surface area contributed by atoms with Gasteiger partial charge in [-0.2, -0.15) is 5.10 Å². The van der Waals surface area contributed by atoms with Gasteiger partial charge in [0.05, 0.1) is 11.9 Å². The molecule has 2 N–H and O–H groups in total. The molecule has 18 heavy (non-hydrogen) atoms. The number of rotatable bonds is 2. The van der Waals surface area contributed by atoms with E-state index in [1.807, 2.05) is 0 Å². The molecule has 1 atom stereocenters. The molecule has 0 saturated carbocycles. The van der Waals surface area contributed by atoms with Crippen molar-refractivity contribution in [2.45, 2.75) is 19.9 Å². The summed E-state index contributed by atoms with van der Waals surface area (Å²) in [6.07, 6.45) is 1.53. The van der Waals surface area contributed by atoms with Gasteiger partial charge in [-0.25, -0.2) is 17.9 Å². The summed E-state index contributed by atoms with van der Waals surface area (Å²) < 4.78 is 40.5. The lowest BCUT2D eigenvalue weighted by molar-refractivity contribution is 0.446. The normalized spacial score (nSPS) is 12.8. The Morgan fingerprint density at radius 3 is 2.22 bits per heavy atom. The van der Waals surface area contributed by atoms with E-state index in [2.05, 4.69) is 5.10 Å². The molecule has 6 heteroatoms. The standard InChI is InChI=1S/C12H12F3N3/c1-6(16)9-5-17-18(7(9)2)8-3-10(13)12(15)11(14)4-8/h3-6H,16H2,1-2H3. The van der Waals surface area contributed by atoms with Gasteiger partial charge in [0.2, 0.25) is 0 Å². The van der Waals surface area contributed by atoms with Gasteiger partial charge in [0.15, 0.2) is 17.5 Å². The van der Waals surface area contributed by atoms with Crippen molar-refractivity contribution in [3.8, 4) is 5.69 Å². The number of hydrogen-bond donors (Lipinski definition) is 1. The Morgan fingerprint density at radius 1 is 1.22 bits per heavy atom. The van der Waals surface area contributed by atoms with Crippen LogP contribution in [0, 0.1) is 24.4 Å². The van der Waals surface area contributed by atoms with Crippen molar-refractivity contribution in [2.75, 3.05) is 0 Å². The number of nitrogens with two attached hydrogens (primary N) is 1. The maximum atomic E-state index is 13.1. The Labute approximate surface area is 102 Å². The highest BCUT2D eigenvalue weighted by Gasteiger charge is 2.15. The van der Waals surface area contributed by atoms with E-state index >= 15 is 0 Å². The second-order valence-electron chi connectivity index (χ2n) is 4.11. The fourth-order valence-corrected chi connectivity index (χ4v) is 1.79. The lowest BCUT2D eigenvalue weighted by atomic mass is 10.1. The predicted octanol–water partition coefficient (Wildman–Crippen LogP) is 2.62. The molecule has 2 rings (SSSR count). The fraction of sp³-hybridized carbons (Fsp3) is 0.250. The van der Waals surface area contributed by atoms with E-state index in [1.54, 1.807) is 13.8 Å². The Morgan fingerprint density at radius 2 is 1.78 bits per heavy atom. The summed E-state index contributed by atoms with van der Waals surface area (Å²) in [7, 11) is 0. The van der Waals surface area contributed by atoms with Crippen molar-refractivity contribution in [1.29, 1.82) is 0 Å². The van der Waals surface area contributed by atoms with Crippen molar-refractivity contribution < 1.29 is 13.2 Å². The Hall–Kier alpha value is -1.82. The summed E-state index contributed by atoms with van der Waals surface area (Å²) in [5.41, 5.74) is 7.28. The van der Waals surface area contributed by atoms with Crippen LogP contribution in [0.3, 0.4) is 0 Å². The Balaban J connectivity index is 2.56. The van der Waals surface area contributed by atoms with E-state index in [9.17, 15) is 13.2 Å². The van der Waals surface area contributed by atoms with Crippen molar-refractivity contribution in [2.24, 2.45) is 5.73 Å². The first-order valence-electron chi connectivity index (χ1n) is 5.37. The monoisotopic (exact) mass is 255 g/mol. The quantitative estimate of drug-likeness (QED) is 0.838. The van der Waals surface area contributed by atoms with Gasteiger partial charge in [-0.3, -0.25) is 0 Å². The third kappa shape index (κ3) is 1.99. The van der Waals surface area contributed by atoms with Crippen LogP contribution < -0.4 is 5.73 Å². The molecule has 2 aromatic rings. The molecule has 96 valence electrons. The molecular formula is C12H12F3N3. The first-order chi connectivity index (χ1) is 8.41.